The molecule has 0 rings (SSSR count). The van der Waals surface area contributed by atoms with Gasteiger partial charge in [0, 0.05) is 7.11 Å². The Morgan fingerprint density at radius 1 is 1.78 bits per heavy atom. The first-order chi connectivity index (χ1) is 4.09. The molecule has 0 aliphatic rings. The Morgan fingerprint density at radius 2 is 2.22 bits per heavy atom. The van der Waals surface area contributed by atoms with Gasteiger partial charge in [-0.2, -0.15) is 0 Å². The summed E-state index contributed by atoms with van der Waals surface area (Å²) in [7, 11) is 1.53. The molecule has 0 radical (unpaired) electrons. The minimum Gasteiger partial charge on any atom is -0.380 e. The van der Waals surface area contributed by atoms with E-state index in [-0.39, 0.29) is 6.10 Å². The lowest BCUT2D eigenvalue weighted by Crippen LogP contribution is -2.24. The van der Waals surface area contributed by atoms with Gasteiger partial charge in [-0.1, -0.05) is 15.9 Å². The fraction of sp³-hybridized carbons (Fsp3) is 0.800. The molecule has 0 amide bonds. The van der Waals surface area contributed by atoms with Gasteiger partial charge in [0.1, 0.15) is 4.83 Å². The smallest absolute Gasteiger partial charge is 0.237 e. The summed E-state index contributed by atoms with van der Waals surface area (Å²) in [5.41, 5.74) is 0. The summed E-state index contributed by atoms with van der Waals surface area (Å²) in [6.07, 6.45) is -0.171. The molecule has 54 valence electrons. The van der Waals surface area contributed by atoms with Gasteiger partial charge in [-0.25, -0.2) is 0 Å². The molecule has 0 N–H and O–H groups in total. The summed E-state index contributed by atoms with van der Waals surface area (Å²) in [6, 6.07) is 0. The minimum absolute atomic E-state index is 0.171. The molecule has 0 fully saturated rings. The molecule has 4 heteroatoms. The van der Waals surface area contributed by atoms with Crippen molar-refractivity contribution in [3.05, 3.63) is 0 Å². The molecule has 0 aliphatic heterocycles. The van der Waals surface area contributed by atoms with Gasteiger partial charge in [-0.3, -0.25) is 4.79 Å². The number of halogens is 2. The molecule has 0 aliphatic carbocycles. The monoisotopic (exact) mass is 214 g/mol. The molecule has 2 unspecified atom stereocenters. The number of rotatable bonds is 3. The first-order valence-corrected chi connectivity index (χ1v) is 3.75. The lowest BCUT2D eigenvalue weighted by Gasteiger charge is -2.11. The number of hydrogen-bond donors (Lipinski definition) is 0. The molecule has 0 saturated carbocycles. The molecule has 9 heavy (non-hydrogen) atoms. The molecule has 0 heterocycles. The molecule has 0 bridgehead atoms. The lowest BCUT2D eigenvalue weighted by molar-refractivity contribution is -0.112. The second-order valence-corrected chi connectivity index (χ2v) is 3.01. The predicted molar refractivity (Wildman–Crippen MR) is 40.0 cm³/mol. The van der Waals surface area contributed by atoms with Crippen LogP contribution in [-0.4, -0.2) is 23.3 Å². The summed E-state index contributed by atoms with van der Waals surface area (Å²) in [4.78, 5) is 9.98. The number of carbonyl (C=O) groups is 1. The van der Waals surface area contributed by atoms with Gasteiger partial charge >= 0.3 is 0 Å². The van der Waals surface area contributed by atoms with E-state index in [0.717, 1.165) is 0 Å². The average molecular weight is 215 g/mol. The Labute approximate surface area is 67.6 Å². The SMILES string of the molecule is COC(C)C(Br)C(=O)Cl. The van der Waals surface area contributed by atoms with Crippen molar-refractivity contribution in [1.82, 2.24) is 0 Å². The summed E-state index contributed by atoms with van der Waals surface area (Å²) < 4.78 is 4.82. The van der Waals surface area contributed by atoms with Crippen LogP contribution in [0.4, 0.5) is 0 Å². The van der Waals surface area contributed by atoms with Crippen LogP contribution in [0.2, 0.25) is 0 Å². The predicted octanol–water partition coefficient (Wildman–Crippen LogP) is 1.55. The van der Waals surface area contributed by atoms with E-state index in [1.165, 1.54) is 7.11 Å². The van der Waals surface area contributed by atoms with Crippen LogP contribution in [0.3, 0.4) is 0 Å². The maximum atomic E-state index is 10.4. The van der Waals surface area contributed by atoms with E-state index in [1.54, 1.807) is 6.92 Å². The number of hydrogen-bond acceptors (Lipinski definition) is 2. The fourth-order valence-electron chi connectivity index (χ4n) is 0.304. The zero-order valence-electron chi connectivity index (χ0n) is 5.23. The standard InChI is InChI=1S/C5H8BrClO2/c1-3(9-2)4(6)5(7)8/h3-4H,1-2H3. The fourth-order valence-corrected chi connectivity index (χ4v) is 0.697. The van der Waals surface area contributed by atoms with Crippen molar-refractivity contribution >= 4 is 32.8 Å². The van der Waals surface area contributed by atoms with E-state index in [0.29, 0.717) is 0 Å². The first kappa shape index (κ1) is 9.40. The maximum Gasteiger partial charge on any atom is 0.237 e. The van der Waals surface area contributed by atoms with Crippen LogP contribution in [-0.2, 0) is 9.53 Å². The average Bonchev–Trinajstić information content (AvgIpc) is 1.84. The van der Waals surface area contributed by atoms with Crippen molar-refractivity contribution < 1.29 is 9.53 Å². The molecule has 0 aromatic heterocycles. The van der Waals surface area contributed by atoms with E-state index in [2.05, 4.69) is 15.9 Å². The van der Waals surface area contributed by atoms with Crippen molar-refractivity contribution in [3.63, 3.8) is 0 Å². The van der Waals surface area contributed by atoms with Crippen LogP contribution >= 0.6 is 27.5 Å². The number of ether oxygens (including phenoxy) is 1. The van der Waals surface area contributed by atoms with Gasteiger partial charge in [-0.05, 0) is 18.5 Å². The van der Waals surface area contributed by atoms with Crippen LogP contribution in [0.1, 0.15) is 6.92 Å². The van der Waals surface area contributed by atoms with Crippen molar-refractivity contribution in [2.45, 2.75) is 17.9 Å². The maximum absolute atomic E-state index is 10.4. The topological polar surface area (TPSA) is 26.3 Å². The highest BCUT2D eigenvalue weighted by Gasteiger charge is 2.18. The molecule has 0 aromatic carbocycles. The number of carbonyl (C=O) groups excluding carboxylic acids is 1. The first-order valence-electron chi connectivity index (χ1n) is 2.45. The third-order valence-corrected chi connectivity index (χ3v) is 2.66. The van der Waals surface area contributed by atoms with Gasteiger partial charge in [-0.15, -0.1) is 0 Å². The van der Waals surface area contributed by atoms with Crippen molar-refractivity contribution in [1.29, 1.82) is 0 Å². The van der Waals surface area contributed by atoms with Gasteiger partial charge in [0.15, 0.2) is 0 Å². The summed E-state index contributed by atoms with van der Waals surface area (Å²) in [5, 5.41) is -0.427. The van der Waals surface area contributed by atoms with Gasteiger partial charge in [0.05, 0.1) is 6.10 Å². The van der Waals surface area contributed by atoms with E-state index < -0.39 is 10.1 Å². The summed E-state index contributed by atoms with van der Waals surface area (Å²) in [5.74, 6) is 0. The van der Waals surface area contributed by atoms with Crippen molar-refractivity contribution in [2.75, 3.05) is 7.11 Å². The minimum atomic E-state index is -0.427. The van der Waals surface area contributed by atoms with Crippen molar-refractivity contribution in [2.24, 2.45) is 0 Å². The van der Waals surface area contributed by atoms with Gasteiger partial charge < -0.3 is 4.74 Å². The Balaban J connectivity index is 3.72. The highest BCUT2D eigenvalue weighted by Crippen LogP contribution is 2.11. The summed E-state index contributed by atoms with van der Waals surface area (Å²) >= 11 is 8.20. The molecular weight excluding hydrogens is 207 g/mol. The molecule has 2 nitrogen and oxygen atoms in total. The van der Waals surface area contributed by atoms with Crippen LogP contribution in [0.15, 0.2) is 0 Å². The van der Waals surface area contributed by atoms with E-state index in [9.17, 15) is 4.79 Å². The van der Waals surface area contributed by atoms with Crippen LogP contribution in [0, 0.1) is 0 Å². The van der Waals surface area contributed by atoms with Crippen LogP contribution < -0.4 is 0 Å². The van der Waals surface area contributed by atoms with Crippen molar-refractivity contribution in [3.8, 4) is 0 Å². The quantitative estimate of drug-likeness (QED) is 0.527. The Kier molecular flexibility index (Phi) is 4.44. The Morgan fingerprint density at radius 3 is 2.33 bits per heavy atom. The number of alkyl halides is 1. The molecule has 0 aromatic rings. The van der Waals surface area contributed by atoms with E-state index in [4.69, 9.17) is 16.3 Å². The molecule has 0 spiro atoms. The number of methoxy groups -OCH3 is 1. The van der Waals surface area contributed by atoms with E-state index >= 15 is 0 Å². The largest absolute Gasteiger partial charge is 0.380 e. The zero-order chi connectivity index (χ0) is 7.44. The Hall–Kier alpha value is 0.400. The molecule has 2 atom stereocenters. The van der Waals surface area contributed by atoms with Gasteiger partial charge in [0.25, 0.3) is 0 Å². The van der Waals surface area contributed by atoms with E-state index in [1.807, 2.05) is 0 Å². The molecular formula is C5H8BrClO2. The molecule has 0 saturated heterocycles. The van der Waals surface area contributed by atoms with Crippen LogP contribution in [0.25, 0.3) is 0 Å². The highest BCUT2D eigenvalue weighted by molar-refractivity contribution is 9.10. The van der Waals surface area contributed by atoms with Crippen LogP contribution in [0.5, 0.6) is 0 Å². The van der Waals surface area contributed by atoms with Gasteiger partial charge in [0.2, 0.25) is 5.24 Å². The third-order valence-electron chi connectivity index (χ3n) is 1.00. The zero-order valence-corrected chi connectivity index (χ0v) is 7.57. The second-order valence-electron chi connectivity index (χ2n) is 1.65. The summed E-state index contributed by atoms with van der Waals surface area (Å²) in [6.45, 7) is 1.76. The normalized spacial score (nSPS) is 16.9. The second kappa shape index (κ2) is 4.25. The lowest BCUT2D eigenvalue weighted by atomic mass is 10.3. The highest BCUT2D eigenvalue weighted by atomic mass is 79.9. The third kappa shape index (κ3) is 3.18. The Bertz CT molecular complexity index is 107.